The van der Waals surface area contributed by atoms with Crippen LogP contribution in [0.15, 0.2) is 59.8 Å². The molecule has 4 heterocycles. The molecule has 1 aromatic carbocycles. The van der Waals surface area contributed by atoms with E-state index in [0.29, 0.717) is 11.5 Å². The van der Waals surface area contributed by atoms with Crippen LogP contribution in [0.5, 0.6) is 0 Å². The third-order valence-electron chi connectivity index (χ3n) is 7.29. The Bertz CT molecular complexity index is 1210. The van der Waals surface area contributed by atoms with Crippen molar-refractivity contribution in [3.8, 4) is 0 Å². The van der Waals surface area contributed by atoms with Crippen molar-refractivity contribution < 1.29 is 4.79 Å². The van der Waals surface area contributed by atoms with E-state index in [-0.39, 0.29) is 22.9 Å². The number of benzene rings is 1. The van der Waals surface area contributed by atoms with Gasteiger partial charge in [-0.15, -0.1) is 0 Å². The van der Waals surface area contributed by atoms with Gasteiger partial charge in [-0.2, -0.15) is 5.10 Å². The van der Waals surface area contributed by atoms with E-state index in [0.717, 1.165) is 42.3 Å². The highest BCUT2D eigenvalue weighted by Crippen LogP contribution is 2.41. The van der Waals surface area contributed by atoms with E-state index in [1.165, 1.54) is 17.5 Å². The van der Waals surface area contributed by atoms with Crippen LogP contribution in [0.4, 0.5) is 5.82 Å². The number of carbonyl (C=O) groups excluding carboxylic acids is 1. The molecule has 1 fully saturated rings. The van der Waals surface area contributed by atoms with Gasteiger partial charge in [-0.3, -0.25) is 14.2 Å². The highest BCUT2D eigenvalue weighted by atomic mass is 32.2. The van der Waals surface area contributed by atoms with Gasteiger partial charge >= 0.3 is 0 Å². The molecule has 1 amide bonds. The molecule has 1 N–H and O–H groups in total. The molecule has 5 rings (SSSR count). The van der Waals surface area contributed by atoms with Crippen LogP contribution in [0.3, 0.4) is 0 Å². The Morgan fingerprint density at radius 1 is 1.06 bits per heavy atom. The number of aromatic nitrogens is 3. The van der Waals surface area contributed by atoms with E-state index in [4.69, 9.17) is 10.1 Å². The molecule has 4 bridgehead atoms. The second kappa shape index (κ2) is 9.01. The Morgan fingerprint density at radius 3 is 2.57 bits per heavy atom. The summed E-state index contributed by atoms with van der Waals surface area (Å²) in [5, 5.41) is 5.60. The van der Waals surface area contributed by atoms with Crippen molar-refractivity contribution >= 4 is 23.7 Å². The molecule has 0 saturated carbocycles. The SMILES string of the molecule is CC(C)(C)c1ccc2c(n1)N1CC(CCC(c3ccccc3)n3ccc(n3)SNC2=O)CC1(C)C. The third kappa shape index (κ3) is 4.83. The summed E-state index contributed by atoms with van der Waals surface area (Å²) in [5.74, 6) is 1.17. The van der Waals surface area contributed by atoms with Crippen LogP contribution in [0.25, 0.3) is 0 Å². The molecule has 2 atom stereocenters. The van der Waals surface area contributed by atoms with E-state index < -0.39 is 0 Å². The largest absolute Gasteiger partial charge is 0.351 e. The molecule has 2 aromatic heterocycles. The van der Waals surface area contributed by atoms with Gasteiger partial charge in [0.15, 0.2) is 0 Å². The monoisotopic (exact) mass is 489 g/mol. The molecular formula is C28H35N5OS. The van der Waals surface area contributed by atoms with Crippen molar-refractivity contribution in [2.75, 3.05) is 11.4 Å². The minimum atomic E-state index is -0.136. The van der Waals surface area contributed by atoms with Crippen LogP contribution in [-0.2, 0) is 5.41 Å². The molecule has 7 heteroatoms. The molecule has 1 saturated heterocycles. The molecule has 0 radical (unpaired) electrons. The van der Waals surface area contributed by atoms with E-state index in [2.05, 4.69) is 79.3 Å². The number of amides is 1. The Hall–Kier alpha value is -2.80. The molecule has 35 heavy (non-hydrogen) atoms. The minimum Gasteiger partial charge on any atom is -0.351 e. The number of nitrogens with one attached hydrogen (secondary N) is 1. The third-order valence-corrected chi connectivity index (χ3v) is 8.00. The van der Waals surface area contributed by atoms with Crippen molar-refractivity contribution in [1.82, 2.24) is 19.5 Å². The fraction of sp³-hybridized carbons (Fsp3) is 0.464. The van der Waals surface area contributed by atoms with E-state index >= 15 is 0 Å². The smallest absolute Gasteiger partial charge is 0.265 e. The second-order valence-electron chi connectivity index (χ2n) is 11.5. The number of hydrogen-bond acceptors (Lipinski definition) is 5. The van der Waals surface area contributed by atoms with Crippen LogP contribution >= 0.6 is 11.9 Å². The summed E-state index contributed by atoms with van der Waals surface area (Å²) >= 11 is 1.26. The highest BCUT2D eigenvalue weighted by Gasteiger charge is 2.41. The van der Waals surface area contributed by atoms with Crippen LogP contribution in [0.1, 0.15) is 81.5 Å². The summed E-state index contributed by atoms with van der Waals surface area (Å²) in [5.41, 5.74) is 2.70. The summed E-state index contributed by atoms with van der Waals surface area (Å²) in [6, 6.07) is 16.7. The summed E-state index contributed by atoms with van der Waals surface area (Å²) in [7, 11) is 0. The lowest BCUT2D eigenvalue weighted by atomic mass is 9.90. The molecule has 2 aliphatic heterocycles. The molecule has 0 aliphatic carbocycles. The van der Waals surface area contributed by atoms with Gasteiger partial charge in [-0.25, -0.2) is 4.98 Å². The lowest BCUT2D eigenvalue weighted by molar-refractivity contribution is 0.0984. The molecule has 2 aliphatic rings. The van der Waals surface area contributed by atoms with Crippen molar-refractivity contribution in [3.63, 3.8) is 0 Å². The standard InChI is InChI=1S/C28H35N5OS/c1-27(2,3)23-14-12-21-25(29-23)32-18-19(17-28(32,4)5)11-13-22(20-9-7-6-8-10-20)33-16-15-24(30-33)35-31-26(21)34/h6-10,12,14-16,19,22H,11,13,17-18H2,1-5H3,(H,31,34). The Labute approximate surface area is 212 Å². The van der Waals surface area contributed by atoms with Gasteiger partial charge in [-0.05, 0) is 62.8 Å². The number of pyridine rings is 1. The maximum Gasteiger partial charge on any atom is 0.265 e. The van der Waals surface area contributed by atoms with Gasteiger partial charge in [0.2, 0.25) is 0 Å². The average Bonchev–Trinajstić information content (AvgIpc) is 3.40. The maximum atomic E-state index is 13.4. The number of fused-ring (bicyclic) bond motifs is 6. The van der Waals surface area contributed by atoms with Gasteiger partial charge in [-0.1, -0.05) is 51.1 Å². The number of carbonyl (C=O) groups is 1. The number of nitrogens with zero attached hydrogens (tertiary/aromatic N) is 4. The summed E-state index contributed by atoms with van der Waals surface area (Å²) in [6.45, 7) is 11.9. The van der Waals surface area contributed by atoms with Crippen molar-refractivity contribution in [3.05, 3.63) is 71.5 Å². The molecular weight excluding hydrogens is 454 g/mol. The van der Waals surface area contributed by atoms with E-state index in [1.807, 2.05) is 24.4 Å². The lowest BCUT2D eigenvalue weighted by Gasteiger charge is -2.34. The summed E-state index contributed by atoms with van der Waals surface area (Å²) < 4.78 is 5.08. The fourth-order valence-electron chi connectivity index (χ4n) is 5.42. The molecule has 6 nitrogen and oxygen atoms in total. The molecule has 0 spiro atoms. The first-order chi connectivity index (χ1) is 16.6. The number of hydrogen-bond donors (Lipinski definition) is 1. The van der Waals surface area contributed by atoms with Crippen molar-refractivity contribution in [1.29, 1.82) is 0 Å². The maximum absolute atomic E-state index is 13.4. The van der Waals surface area contributed by atoms with Crippen molar-refractivity contribution in [2.45, 2.75) is 75.9 Å². The molecule has 184 valence electrons. The Balaban J connectivity index is 1.56. The summed E-state index contributed by atoms with van der Waals surface area (Å²) in [4.78, 5) is 20.9. The zero-order valence-electron chi connectivity index (χ0n) is 21.3. The second-order valence-corrected chi connectivity index (χ2v) is 12.3. The van der Waals surface area contributed by atoms with Crippen molar-refractivity contribution in [2.24, 2.45) is 5.92 Å². The first-order valence-electron chi connectivity index (χ1n) is 12.5. The molecule has 3 aromatic rings. The quantitative estimate of drug-likeness (QED) is 0.425. The van der Waals surface area contributed by atoms with E-state index in [1.54, 1.807) is 0 Å². The topological polar surface area (TPSA) is 63.1 Å². The van der Waals surface area contributed by atoms with Gasteiger partial charge in [0, 0.05) is 41.3 Å². The van der Waals surface area contributed by atoms with E-state index in [9.17, 15) is 4.79 Å². The minimum absolute atomic E-state index is 0.0862. The Kier molecular flexibility index (Phi) is 6.16. The van der Waals surface area contributed by atoms with Gasteiger partial charge in [0.1, 0.15) is 10.8 Å². The van der Waals surface area contributed by atoms with Crippen LogP contribution in [0, 0.1) is 5.92 Å². The first-order valence-corrected chi connectivity index (χ1v) is 13.3. The number of rotatable bonds is 1. The summed E-state index contributed by atoms with van der Waals surface area (Å²) in [6.07, 6.45) is 5.19. The normalized spacial score (nSPS) is 22.3. The van der Waals surface area contributed by atoms with Gasteiger partial charge in [0.25, 0.3) is 5.91 Å². The van der Waals surface area contributed by atoms with Crippen LogP contribution in [0.2, 0.25) is 0 Å². The van der Waals surface area contributed by atoms with Gasteiger partial charge in [0.05, 0.1) is 11.6 Å². The number of anilines is 1. The lowest BCUT2D eigenvalue weighted by Crippen LogP contribution is -2.40. The fourth-order valence-corrected chi connectivity index (χ4v) is 6.00. The molecule has 2 unspecified atom stereocenters. The predicted octanol–water partition coefficient (Wildman–Crippen LogP) is 6.00. The highest BCUT2D eigenvalue weighted by molar-refractivity contribution is 7.97. The van der Waals surface area contributed by atoms with Crippen LogP contribution < -0.4 is 9.62 Å². The zero-order valence-corrected chi connectivity index (χ0v) is 22.1. The average molecular weight is 490 g/mol. The first kappa shape index (κ1) is 23.9. The van der Waals surface area contributed by atoms with Gasteiger partial charge < -0.3 is 4.90 Å². The Morgan fingerprint density at radius 2 is 1.83 bits per heavy atom. The zero-order chi connectivity index (χ0) is 24.8. The predicted molar refractivity (Wildman–Crippen MR) is 142 cm³/mol. The van der Waals surface area contributed by atoms with Crippen LogP contribution in [-0.4, -0.2) is 32.8 Å².